The molecule has 0 radical (unpaired) electrons. The highest BCUT2D eigenvalue weighted by molar-refractivity contribution is 5.14. The van der Waals surface area contributed by atoms with E-state index in [4.69, 9.17) is 0 Å². The molecule has 2 heterocycles. The van der Waals surface area contributed by atoms with Crippen molar-refractivity contribution in [1.82, 2.24) is 20.0 Å². The SMILES string of the molecule is CN1C=C2NCN(C)C2N(C)C1. The zero-order chi connectivity index (χ0) is 8.72. The lowest BCUT2D eigenvalue weighted by Crippen LogP contribution is -2.48. The topological polar surface area (TPSA) is 21.8 Å². The largest absolute Gasteiger partial charge is 0.372 e. The summed E-state index contributed by atoms with van der Waals surface area (Å²) in [5, 5.41) is 3.37. The molecule has 0 saturated carbocycles. The van der Waals surface area contributed by atoms with Crippen molar-refractivity contribution in [3.8, 4) is 0 Å². The highest BCUT2D eigenvalue weighted by Gasteiger charge is 2.32. The van der Waals surface area contributed by atoms with Gasteiger partial charge in [-0.05, 0) is 14.1 Å². The molecule has 12 heavy (non-hydrogen) atoms. The summed E-state index contributed by atoms with van der Waals surface area (Å²) in [5.74, 6) is 0. The van der Waals surface area contributed by atoms with Crippen LogP contribution in [0.5, 0.6) is 0 Å². The number of hydrogen-bond acceptors (Lipinski definition) is 4. The van der Waals surface area contributed by atoms with Crippen molar-refractivity contribution >= 4 is 0 Å². The Morgan fingerprint density at radius 2 is 2.08 bits per heavy atom. The molecule has 0 amide bonds. The van der Waals surface area contributed by atoms with Crippen LogP contribution in [-0.2, 0) is 0 Å². The van der Waals surface area contributed by atoms with E-state index in [1.165, 1.54) is 5.70 Å². The molecule has 1 N–H and O–H groups in total. The van der Waals surface area contributed by atoms with Gasteiger partial charge in [-0.1, -0.05) is 0 Å². The Morgan fingerprint density at radius 3 is 2.83 bits per heavy atom. The maximum Gasteiger partial charge on any atom is 0.107 e. The Balaban J connectivity index is 2.24. The lowest BCUT2D eigenvalue weighted by molar-refractivity contribution is 0.0880. The summed E-state index contributed by atoms with van der Waals surface area (Å²) < 4.78 is 0. The molecule has 0 aromatic heterocycles. The Hall–Kier alpha value is -0.740. The number of nitrogens with one attached hydrogen (secondary N) is 1. The minimum Gasteiger partial charge on any atom is -0.372 e. The zero-order valence-electron chi connectivity index (χ0n) is 7.91. The summed E-state index contributed by atoms with van der Waals surface area (Å²) in [6.45, 7) is 1.95. The Morgan fingerprint density at radius 1 is 1.33 bits per heavy atom. The van der Waals surface area contributed by atoms with Gasteiger partial charge in [-0.3, -0.25) is 9.80 Å². The third kappa shape index (κ3) is 1.07. The van der Waals surface area contributed by atoms with Gasteiger partial charge in [-0.2, -0.15) is 0 Å². The number of rotatable bonds is 0. The normalized spacial score (nSPS) is 31.4. The van der Waals surface area contributed by atoms with Crippen LogP contribution in [0.3, 0.4) is 0 Å². The molecule has 68 valence electrons. The van der Waals surface area contributed by atoms with E-state index in [-0.39, 0.29) is 0 Å². The minimum absolute atomic E-state index is 0.459. The number of likely N-dealkylation sites (N-methyl/N-ethyl adjacent to an activating group) is 2. The van der Waals surface area contributed by atoms with E-state index in [2.05, 4.69) is 47.4 Å². The summed E-state index contributed by atoms with van der Waals surface area (Å²) >= 11 is 0. The summed E-state index contributed by atoms with van der Waals surface area (Å²) in [4.78, 5) is 6.83. The van der Waals surface area contributed by atoms with Crippen LogP contribution >= 0.6 is 0 Å². The van der Waals surface area contributed by atoms with Crippen LogP contribution in [-0.4, -0.2) is 55.3 Å². The van der Waals surface area contributed by atoms with Crippen LogP contribution in [0.2, 0.25) is 0 Å². The van der Waals surface area contributed by atoms with Crippen molar-refractivity contribution in [2.24, 2.45) is 0 Å². The van der Waals surface area contributed by atoms with Gasteiger partial charge in [-0.15, -0.1) is 0 Å². The molecular formula is C8H16N4. The lowest BCUT2D eigenvalue weighted by atomic mass is 10.3. The zero-order valence-corrected chi connectivity index (χ0v) is 7.91. The third-order valence-electron chi connectivity index (χ3n) is 2.45. The molecule has 0 aromatic carbocycles. The fourth-order valence-corrected chi connectivity index (χ4v) is 2.02. The van der Waals surface area contributed by atoms with E-state index in [1.54, 1.807) is 0 Å². The first kappa shape index (κ1) is 7.89. The molecule has 4 heteroatoms. The van der Waals surface area contributed by atoms with Crippen molar-refractivity contribution in [3.63, 3.8) is 0 Å². The van der Waals surface area contributed by atoms with E-state index >= 15 is 0 Å². The van der Waals surface area contributed by atoms with Crippen LogP contribution in [0.25, 0.3) is 0 Å². The Bertz CT molecular complexity index is 213. The summed E-state index contributed by atoms with van der Waals surface area (Å²) in [5.41, 5.74) is 1.31. The molecule has 2 aliphatic heterocycles. The Kier molecular flexibility index (Phi) is 1.73. The number of nitrogens with zero attached hydrogens (tertiary/aromatic N) is 3. The molecule has 0 spiro atoms. The minimum atomic E-state index is 0.459. The summed E-state index contributed by atoms with van der Waals surface area (Å²) in [6, 6.07) is 0. The second kappa shape index (κ2) is 2.64. The molecule has 4 nitrogen and oxygen atoms in total. The molecule has 0 aliphatic carbocycles. The van der Waals surface area contributed by atoms with Crippen LogP contribution in [0.4, 0.5) is 0 Å². The molecule has 1 unspecified atom stereocenters. The Labute approximate surface area is 73.4 Å². The highest BCUT2D eigenvalue weighted by atomic mass is 15.5. The maximum absolute atomic E-state index is 3.37. The quantitative estimate of drug-likeness (QED) is 0.525. The monoisotopic (exact) mass is 168 g/mol. The lowest BCUT2D eigenvalue weighted by Gasteiger charge is -2.36. The van der Waals surface area contributed by atoms with E-state index in [0.717, 1.165) is 13.3 Å². The number of fused-ring (bicyclic) bond motifs is 1. The van der Waals surface area contributed by atoms with Crippen LogP contribution in [0.15, 0.2) is 11.9 Å². The highest BCUT2D eigenvalue weighted by Crippen LogP contribution is 2.20. The van der Waals surface area contributed by atoms with Gasteiger partial charge in [0, 0.05) is 13.2 Å². The van der Waals surface area contributed by atoms with E-state index in [1.807, 2.05) is 0 Å². The van der Waals surface area contributed by atoms with Crippen molar-refractivity contribution in [2.45, 2.75) is 6.17 Å². The van der Waals surface area contributed by atoms with E-state index < -0.39 is 0 Å². The molecule has 0 bridgehead atoms. The number of hydrogen-bond donors (Lipinski definition) is 1. The van der Waals surface area contributed by atoms with Crippen molar-refractivity contribution in [2.75, 3.05) is 34.5 Å². The molecule has 0 aromatic rings. The second-order valence-electron chi connectivity index (χ2n) is 3.71. The fourth-order valence-electron chi connectivity index (χ4n) is 2.02. The maximum atomic E-state index is 3.37. The van der Waals surface area contributed by atoms with Gasteiger partial charge in [0.25, 0.3) is 0 Å². The van der Waals surface area contributed by atoms with Gasteiger partial charge < -0.3 is 10.2 Å². The average molecular weight is 168 g/mol. The van der Waals surface area contributed by atoms with Gasteiger partial charge in [0.05, 0.1) is 19.0 Å². The second-order valence-corrected chi connectivity index (χ2v) is 3.71. The van der Waals surface area contributed by atoms with Gasteiger partial charge in [0.15, 0.2) is 0 Å². The first-order valence-corrected chi connectivity index (χ1v) is 4.25. The predicted octanol–water partition coefficient (Wildman–Crippen LogP) is -0.519. The fraction of sp³-hybridized carbons (Fsp3) is 0.750. The van der Waals surface area contributed by atoms with Crippen molar-refractivity contribution in [3.05, 3.63) is 11.9 Å². The first-order valence-electron chi connectivity index (χ1n) is 4.25. The van der Waals surface area contributed by atoms with Gasteiger partial charge in [-0.25, -0.2) is 0 Å². The average Bonchev–Trinajstić information content (AvgIpc) is 2.31. The van der Waals surface area contributed by atoms with Crippen LogP contribution in [0.1, 0.15) is 0 Å². The molecule has 2 aliphatic rings. The first-order chi connectivity index (χ1) is 5.68. The molecular weight excluding hydrogens is 152 g/mol. The smallest absolute Gasteiger partial charge is 0.107 e. The van der Waals surface area contributed by atoms with E-state index in [0.29, 0.717) is 6.17 Å². The van der Waals surface area contributed by atoms with Gasteiger partial charge >= 0.3 is 0 Å². The predicted molar refractivity (Wildman–Crippen MR) is 48.0 cm³/mol. The van der Waals surface area contributed by atoms with E-state index in [9.17, 15) is 0 Å². The van der Waals surface area contributed by atoms with Gasteiger partial charge in [0.2, 0.25) is 0 Å². The molecule has 1 atom stereocenters. The van der Waals surface area contributed by atoms with Crippen molar-refractivity contribution in [1.29, 1.82) is 0 Å². The molecule has 2 rings (SSSR count). The van der Waals surface area contributed by atoms with Crippen LogP contribution < -0.4 is 5.32 Å². The van der Waals surface area contributed by atoms with Gasteiger partial charge in [0.1, 0.15) is 6.17 Å². The molecule has 1 fully saturated rings. The van der Waals surface area contributed by atoms with Crippen LogP contribution in [0, 0.1) is 0 Å². The van der Waals surface area contributed by atoms with Crippen molar-refractivity contribution < 1.29 is 0 Å². The standard InChI is InChI=1S/C8H16N4/c1-10-4-7-8(12(3)6-10)11(2)5-9-7/h4,8-9H,5-6H2,1-3H3. The summed E-state index contributed by atoms with van der Waals surface area (Å²) in [7, 11) is 6.39. The third-order valence-corrected chi connectivity index (χ3v) is 2.45. The summed E-state index contributed by atoms with van der Waals surface area (Å²) in [6.07, 6.45) is 2.65. The molecule has 1 saturated heterocycles.